The first-order valence-corrected chi connectivity index (χ1v) is 9.48. The maximum Gasteiger partial charge on any atom is 0.269 e. The fourth-order valence-corrected chi connectivity index (χ4v) is 2.91. The summed E-state index contributed by atoms with van der Waals surface area (Å²) in [6, 6.07) is 0. The van der Waals surface area contributed by atoms with E-state index >= 15 is 0 Å². The van der Waals surface area contributed by atoms with Crippen LogP contribution in [-0.2, 0) is 9.53 Å². The van der Waals surface area contributed by atoms with Crippen molar-refractivity contribution >= 4 is 5.78 Å². The third-order valence-electron chi connectivity index (χ3n) is 5.01. The molecular weight excluding hydrogens is 344 g/mol. The first-order valence-electron chi connectivity index (χ1n) is 9.48. The highest BCUT2D eigenvalue weighted by Crippen LogP contribution is 2.31. The van der Waals surface area contributed by atoms with Crippen LogP contribution in [0, 0.1) is 5.92 Å². The van der Waals surface area contributed by atoms with E-state index in [1.165, 1.54) is 6.92 Å². The molecule has 0 spiro atoms. The molecule has 0 radical (unpaired) electrons. The number of ether oxygens (including phenoxy) is 1. The van der Waals surface area contributed by atoms with Gasteiger partial charge < -0.3 is 20.1 Å². The van der Waals surface area contributed by atoms with Gasteiger partial charge in [0, 0.05) is 24.8 Å². The molecule has 152 valence electrons. The minimum Gasteiger partial charge on any atom is -0.459 e. The van der Waals surface area contributed by atoms with Crippen LogP contribution in [0.3, 0.4) is 0 Å². The van der Waals surface area contributed by atoms with Crippen molar-refractivity contribution in [3.05, 3.63) is 46.8 Å². The highest BCUT2D eigenvalue weighted by molar-refractivity contribution is 6.02. The number of Topliss-reactive ketones (excluding diaryl/α,β-unsaturated/α-hetero) is 1. The summed E-state index contributed by atoms with van der Waals surface area (Å²) >= 11 is 0. The average Bonchev–Trinajstić information content (AvgIpc) is 2.80. The number of hydrogen-bond donors (Lipinski definition) is 3. The van der Waals surface area contributed by atoms with Crippen molar-refractivity contribution < 1.29 is 24.9 Å². The van der Waals surface area contributed by atoms with E-state index in [9.17, 15) is 20.1 Å². The second-order valence-corrected chi connectivity index (χ2v) is 7.59. The van der Waals surface area contributed by atoms with Crippen LogP contribution < -0.4 is 0 Å². The topological polar surface area (TPSA) is 87.0 Å². The van der Waals surface area contributed by atoms with Crippen molar-refractivity contribution in [2.75, 3.05) is 0 Å². The van der Waals surface area contributed by atoms with Gasteiger partial charge in [0.2, 0.25) is 5.78 Å². The smallest absolute Gasteiger partial charge is 0.269 e. The largest absolute Gasteiger partial charge is 0.459 e. The molecule has 1 heterocycles. The molecule has 1 aliphatic rings. The predicted molar refractivity (Wildman–Crippen MR) is 107 cm³/mol. The average molecular weight is 379 g/mol. The van der Waals surface area contributed by atoms with Gasteiger partial charge >= 0.3 is 0 Å². The van der Waals surface area contributed by atoms with E-state index in [-0.39, 0.29) is 12.3 Å². The Morgan fingerprint density at radius 3 is 2.44 bits per heavy atom. The zero-order valence-electron chi connectivity index (χ0n) is 17.3. The Balaban J connectivity index is 2.50. The lowest BCUT2D eigenvalue weighted by molar-refractivity contribution is -0.171. The monoisotopic (exact) mass is 378 g/mol. The van der Waals surface area contributed by atoms with Gasteiger partial charge in [-0.05, 0) is 46.1 Å². The molecule has 5 heteroatoms. The van der Waals surface area contributed by atoms with Gasteiger partial charge in [0.05, 0.1) is 12.2 Å². The van der Waals surface area contributed by atoms with Gasteiger partial charge in [0.1, 0.15) is 5.76 Å². The zero-order valence-corrected chi connectivity index (χ0v) is 17.3. The Morgan fingerprint density at radius 1 is 1.30 bits per heavy atom. The number of ketones is 1. The van der Waals surface area contributed by atoms with Crippen molar-refractivity contribution in [1.82, 2.24) is 0 Å². The summed E-state index contributed by atoms with van der Waals surface area (Å²) < 4.78 is 5.26. The summed E-state index contributed by atoms with van der Waals surface area (Å²) in [6.07, 6.45) is 8.10. The standard InChI is InChI=1S/C22H34O5/c1-7-15(3)20(24)16(4)10-8-9-14(2)11-12-18(23)13-19-17(5)21(25)22(6,26)27-19/h7-10,16,18,20,23-24,26H,11-13H2,1-6H3. The van der Waals surface area contributed by atoms with E-state index in [2.05, 4.69) is 0 Å². The van der Waals surface area contributed by atoms with E-state index in [1.54, 1.807) is 6.92 Å². The number of carbonyl (C=O) groups excluding carboxylic acids is 1. The van der Waals surface area contributed by atoms with Gasteiger partial charge in [0.25, 0.3) is 5.79 Å². The number of aliphatic hydroxyl groups excluding tert-OH is 2. The Morgan fingerprint density at radius 2 is 1.93 bits per heavy atom. The molecule has 0 aliphatic carbocycles. The van der Waals surface area contributed by atoms with Crippen LogP contribution >= 0.6 is 0 Å². The number of allylic oxidation sites excluding steroid dienone is 4. The molecule has 0 aromatic carbocycles. The van der Waals surface area contributed by atoms with Gasteiger partial charge in [-0.2, -0.15) is 0 Å². The highest BCUT2D eigenvalue weighted by atomic mass is 16.6. The molecular formula is C22H34O5. The zero-order chi connectivity index (χ0) is 20.8. The van der Waals surface area contributed by atoms with Crippen LogP contribution in [0.15, 0.2) is 46.8 Å². The normalized spacial score (nSPS) is 25.1. The molecule has 0 amide bonds. The molecule has 0 fully saturated rings. The van der Waals surface area contributed by atoms with Gasteiger partial charge in [-0.15, -0.1) is 0 Å². The second-order valence-electron chi connectivity index (χ2n) is 7.59. The summed E-state index contributed by atoms with van der Waals surface area (Å²) in [5.41, 5.74) is 2.43. The van der Waals surface area contributed by atoms with Gasteiger partial charge in [0.15, 0.2) is 0 Å². The molecule has 3 N–H and O–H groups in total. The summed E-state index contributed by atoms with van der Waals surface area (Å²) in [4.78, 5) is 11.8. The number of carbonyl (C=O) groups is 1. The van der Waals surface area contributed by atoms with Gasteiger partial charge in [-0.25, -0.2) is 0 Å². The first-order chi connectivity index (χ1) is 12.5. The molecule has 4 unspecified atom stereocenters. The maximum absolute atomic E-state index is 11.8. The van der Waals surface area contributed by atoms with E-state index in [0.717, 1.165) is 11.1 Å². The minimum atomic E-state index is -1.81. The van der Waals surface area contributed by atoms with E-state index < -0.39 is 23.8 Å². The molecule has 0 saturated carbocycles. The summed E-state index contributed by atoms with van der Waals surface area (Å²) in [7, 11) is 0. The van der Waals surface area contributed by atoms with Crippen molar-refractivity contribution in [2.24, 2.45) is 5.92 Å². The fraction of sp³-hybridized carbons (Fsp3) is 0.591. The van der Waals surface area contributed by atoms with Gasteiger partial charge in [-0.1, -0.05) is 36.8 Å². The number of aliphatic hydroxyl groups is 3. The quantitative estimate of drug-likeness (QED) is 0.422. The van der Waals surface area contributed by atoms with Gasteiger partial charge in [-0.3, -0.25) is 4.79 Å². The van der Waals surface area contributed by atoms with E-state index in [4.69, 9.17) is 4.74 Å². The Labute approximate surface area is 162 Å². The molecule has 1 rings (SSSR count). The molecule has 0 saturated heterocycles. The van der Waals surface area contributed by atoms with Crippen LogP contribution in [0.5, 0.6) is 0 Å². The Hall–Kier alpha value is -1.69. The molecule has 4 atom stereocenters. The van der Waals surface area contributed by atoms with Crippen LogP contribution in [0.1, 0.15) is 60.8 Å². The third kappa shape index (κ3) is 6.76. The number of rotatable bonds is 9. The third-order valence-corrected chi connectivity index (χ3v) is 5.01. The first kappa shape index (κ1) is 23.3. The van der Waals surface area contributed by atoms with Crippen molar-refractivity contribution in [1.29, 1.82) is 0 Å². The summed E-state index contributed by atoms with van der Waals surface area (Å²) in [6.45, 7) is 10.7. The maximum atomic E-state index is 11.8. The van der Waals surface area contributed by atoms with Crippen molar-refractivity contribution in [3.63, 3.8) is 0 Å². The van der Waals surface area contributed by atoms with Crippen LogP contribution in [-0.4, -0.2) is 39.1 Å². The molecule has 0 bridgehead atoms. The van der Waals surface area contributed by atoms with Crippen molar-refractivity contribution in [2.45, 2.75) is 78.8 Å². The Bertz CT molecular complexity index is 652. The number of hydrogen-bond acceptors (Lipinski definition) is 5. The van der Waals surface area contributed by atoms with Crippen molar-refractivity contribution in [3.8, 4) is 0 Å². The highest BCUT2D eigenvalue weighted by Gasteiger charge is 2.42. The SMILES string of the molecule is CC=C(C)C(O)C(C)C=CC=C(C)CCC(O)CC1=C(C)C(=O)C(C)(O)O1. The van der Waals surface area contributed by atoms with Crippen LogP contribution in [0.2, 0.25) is 0 Å². The second kappa shape index (κ2) is 10.0. The Kier molecular flexibility index (Phi) is 8.66. The van der Waals surface area contributed by atoms with E-state index in [0.29, 0.717) is 24.2 Å². The predicted octanol–water partition coefficient (Wildman–Crippen LogP) is 3.57. The van der Waals surface area contributed by atoms with E-state index in [1.807, 2.05) is 52.0 Å². The molecule has 0 aromatic rings. The summed E-state index contributed by atoms with van der Waals surface area (Å²) in [5, 5.41) is 30.2. The molecule has 27 heavy (non-hydrogen) atoms. The lowest BCUT2D eigenvalue weighted by Gasteiger charge is -2.18. The summed E-state index contributed by atoms with van der Waals surface area (Å²) in [5.74, 6) is -1.88. The lowest BCUT2D eigenvalue weighted by Crippen LogP contribution is -2.32. The fourth-order valence-electron chi connectivity index (χ4n) is 2.91. The minimum absolute atomic E-state index is 0.0237. The molecule has 1 aliphatic heterocycles. The molecule has 0 aromatic heterocycles. The molecule has 5 nitrogen and oxygen atoms in total. The van der Waals surface area contributed by atoms with Crippen LogP contribution in [0.25, 0.3) is 0 Å². The van der Waals surface area contributed by atoms with Crippen LogP contribution in [0.4, 0.5) is 0 Å². The lowest BCUT2D eigenvalue weighted by atomic mass is 9.97.